The normalized spacial score (nSPS) is 19.2. The third kappa shape index (κ3) is 3.20. The summed E-state index contributed by atoms with van der Waals surface area (Å²) in [4.78, 5) is 12.3. The van der Waals surface area contributed by atoms with E-state index < -0.39 is 5.60 Å². The van der Waals surface area contributed by atoms with E-state index in [-0.39, 0.29) is 5.78 Å². The molecule has 2 nitrogen and oxygen atoms in total. The molecule has 98 valence electrons. The summed E-state index contributed by atoms with van der Waals surface area (Å²) in [6.07, 6.45) is 5.85. The summed E-state index contributed by atoms with van der Waals surface area (Å²) < 4.78 is 0. The van der Waals surface area contributed by atoms with Gasteiger partial charge in [0.05, 0.1) is 0 Å². The second-order valence-corrected chi connectivity index (χ2v) is 5.53. The van der Waals surface area contributed by atoms with E-state index in [0.29, 0.717) is 19.3 Å². The van der Waals surface area contributed by atoms with Gasteiger partial charge in [-0.2, -0.15) is 0 Å². The topological polar surface area (TPSA) is 37.3 Å². The molecule has 0 aliphatic heterocycles. The smallest absolute Gasteiger partial charge is 0.168 e. The zero-order valence-electron chi connectivity index (χ0n) is 11.1. The molecular weight excluding hydrogens is 224 g/mol. The highest BCUT2D eigenvalue weighted by atomic mass is 16.3. The number of hydrogen-bond acceptors (Lipinski definition) is 2. The molecule has 0 bridgehead atoms. The molecule has 1 aromatic carbocycles. The van der Waals surface area contributed by atoms with Crippen LogP contribution in [0.2, 0.25) is 0 Å². The fourth-order valence-corrected chi connectivity index (χ4v) is 2.76. The minimum absolute atomic E-state index is 0.00463. The van der Waals surface area contributed by atoms with E-state index in [1.165, 1.54) is 0 Å². The van der Waals surface area contributed by atoms with Gasteiger partial charge in [0.15, 0.2) is 5.78 Å². The van der Waals surface area contributed by atoms with Crippen molar-refractivity contribution in [2.24, 2.45) is 0 Å². The molecule has 1 fully saturated rings. The van der Waals surface area contributed by atoms with Crippen LogP contribution in [0.25, 0.3) is 0 Å². The first-order valence-corrected chi connectivity index (χ1v) is 6.91. The summed E-state index contributed by atoms with van der Waals surface area (Å²) in [6.45, 7) is 2.02. The molecule has 18 heavy (non-hydrogen) atoms. The fourth-order valence-electron chi connectivity index (χ4n) is 2.76. The van der Waals surface area contributed by atoms with Gasteiger partial charge in [-0.15, -0.1) is 0 Å². The predicted octanol–water partition coefficient (Wildman–Crippen LogP) is 3.19. The summed E-state index contributed by atoms with van der Waals surface area (Å²) in [5.74, 6) is -0.00463. The highest BCUT2D eigenvalue weighted by Crippen LogP contribution is 2.28. The molecule has 0 atom stereocenters. The van der Waals surface area contributed by atoms with Crippen LogP contribution >= 0.6 is 0 Å². The number of hydrogen-bond donors (Lipinski definition) is 1. The van der Waals surface area contributed by atoms with Crippen LogP contribution in [0, 0.1) is 6.92 Å². The largest absolute Gasteiger partial charge is 0.382 e. The molecule has 1 saturated carbocycles. The maximum absolute atomic E-state index is 12.3. The second-order valence-electron chi connectivity index (χ2n) is 5.53. The van der Waals surface area contributed by atoms with Crippen molar-refractivity contribution in [3.63, 3.8) is 0 Å². The summed E-state index contributed by atoms with van der Waals surface area (Å²) in [6, 6.07) is 7.98. The molecule has 1 aromatic rings. The van der Waals surface area contributed by atoms with Crippen molar-refractivity contribution >= 4 is 5.78 Å². The van der Waals surface area contributed by atoms with E-state index in [2.05, 4.69) is 0 Å². The van der Waals surface area contributed by atoms with Crippen LogP contribution in [0.4, 0.5) is 0 Å². The van der Waals surface area contributed by atoms with Crippen molar-refractivity contribution in [1.29, 1.82) is 0 Å². The molecule has 1 N–H and O–H groups in total. The van der Waals surface area contributed by atoms with Crippen LogP contribution in [0.1, 0.15) is 49.7 Å². The second kappa shape index (κ2) is 5.66. The van der Waals surface area contributed by atoms with Crippen molar-refractivity contribution in [1.82, 2.24) is 0 Å². The molecular formula is C16H22O2. The Labute approximate surface area is 109 Å². The van der Waals surface area contributed by atoms with Gasteiger partial charge in [0.2, 0.25) is 0 Å². The predicted molar refractivity (Wildman–Crippen MR) is 72.5 cm³/mol. The lowest BCUT2D eigenvalue weighted by Gasteiger charge is -2.25. The monoisotopic (exact) mass is 246 g/mol. The maximum atomic E-state index is 12.3. The Morgan fingerprint density at radius 2 is 1.89 bits per heavy atom. The summed E-state index contributed by atoms with van der Waals surface area (Å²) >= 11 is 0. The average Bonchev–Trinajstić information content (AvgIpc) is 2.55. The Hall–Kier alpha value is -1.15. The Kier molecular flexibility index (Phi) is 4.18. The van der Waals surface area contributed by atoms with Gasteiger partial charge in [-0.25, -0.2) is 0 Å². The number of benzene rings is 1. The van der Waals surface area contributed by atoms with Gasteiger partial charge in [0.1, 0.15) is 5.60 Å². The van der Waals surface area contributed by atoms with Gasteiger partial charge in [-0.3, -0.25) is 4.79 Å². The minimum atomic E-state index is -1.07. The van der Waals surface area contributed by atoms with Crippen LogP contribution in [0.3, 0.4) is 0 Å². The van der Waals surface area contributed by atoms with E-state index in [9.17, 15) is 9.90 Å². The Bertz CT molecular complexity index is 415. The zero-order chi connectivity index (χ0) is 13.0. The number of carbonyl (C=O) groups is 1. The van der Waals surface area contributed by atoms with E-state index in [0.717, 1.165) is 36.8 Å². The van der Waals surface area contributed by atoms with E-state index in [4.69, 9.17) is 0 Å². The molecule has 2 heteroatoms. The van der Waals surface area contributed by atoms with Crippen LogP contribution in [-0.2, 0) is 11.2 Å². The number of aryl methyl sites for hydroxylation is 1. The first-order chi connectivity index (χ1) is 8.60. The molecule has 2 rings (SSSR count). The molecule has 0 unspecified atom stereocenters. The number of carbonyl (C=O) groups excluding carboxylic acids is 1. The standard InChI is InChI=1S/C16H22O2/c1-13-7-6-8-14(11-13)12-15(17)16(18)9-4-2-3-5-10-16/h6-8,11,18H,2-5,9-10,12H2,1H3. The SMILES string of the molecule is Cc1cccc(CC(=O)C2(O)CCCCCC2)c1. The van der Waals surface area contributed by atoms with Crippen molar-refractivity contribution in [3.8, 4) is 0 Å². The number of Topliss-reactive ketones (excluding diaryl/α,β-unsaturated/α-hetero) is 1. The third-order valence-corrected chi connectivity index (χ3v) is 3.90. The van der Waals surface area contributed by atoms with Gasteiger partial charge in [-0.1, -0.05) is 55.5 Å². The zero-order valence-corrected chi connectivity index (χ0v) is 11.1. The molecule has 1 aliphatic carbocycles. The molecule has 0 heterocycles. The van der Waals surface area contributed by atoms with Crippen LogP contribution in [0.5, 0.6) is 0 Å². The van der Waals surface area contributed by atoms with Crippen molar-refractivity contribution < 1.29 is 9.90 Å². The lowest BCUT2D eigenvalue weighted by Crippen LogP contribution is -2.39. The maximum Gasteiger partial charge on any atom is 0.168 e. The molecule has 0 radical (unpaired) electrons. The van der Waals surface area contributed by atoms with E-state index in [1.54, 1.807) is 0 Å². The number of aliphatic hydroxyl groups is 1. The van der Waals surface area contributed by atoms with Crippen molar-refractivity contribution in [3.05, 3.63) is 35.4 Å². The highest BCUT2D eigenvalue weighted by molar-refractivity contribution is 5.88. The Morgan fingerprint density at radius 1 is 1.22 bits per heavy atom. The van der Waals surface area contributed by atoms with Crippen LogP contribution in [-0.4, -0.2) is 16.5 Å². The van der Waals surface area contributed by atoms with Gasteiger partial charge in [0, 0.05) is 6.42 Å². The van der Waals surface area contributed by atoms with Crippen molar-refractivity contribution in [2.75, 3.05) is 0 Å². The van der Waals surface area contributed by atoms with Gasteiger partial charge in [-0.05, 0) is 25.3 Å². The summed E-state index contributed by atoms with van der Waals surface area (Å²) in [7, 11) is 0. The van der Waals surface area contributed by atoms with Crippen molar-refractivity contribution in [2.45, 2.75) is 57.5 Å². The lowest BCUT2D eigenvalue weighted by molar-refractivity contribution is -0.138. The Balaban J connectivity index is 2.06. The van der Waals surface area contributed by atoms with E-state index in [1.807, 2.05) is 31.2 Å². The fraction of sp³-hybridized carbons (Fsp3) is 0.562. The molecule has 0 amide bonds. The lowest BCUT2D eigenvalue weighted by atomic mass is 9.86. The molecule has 0 aromatic heterocycles. The van der Waals surface area contributed by atoms with Crippen LogP contribution in [0.15, 0.2) is 24.3 Å². The highest BCUT2D eigenvalue weighted by Gasteiger charge is 2.35. The van der Waals surface area contributed by atoms with E-state index >= 15 is 0 Å². The first-order valence-electron chi connectivity index (χ1n) is 6.91. The minimum Gasteiger partial charge on any atom is -0.382 e. The molecule has 0 saturated heterocycles. The van der Waals surface area contributed by atoms with Gasteiger partial charge in [0.25, 0.3) is 0 Å². The van der Waals surface area contributed by atoms with Gasteiger partial charge < -0.3 is 5.11 Å². The molecule has 0 spiro atoms. The number of ketones is 1. The summed E-state index contributed by atoms with van der Waals surface area (Å²) in [5.41, 5.74) is 1.10. The van der Waals surface area contributed by atoms with Gasteiger partial charge >= 0.3 is 0 Å². The van der Waals surface area contributed by atoms with Crippen LogP contribution < -0.4 is 0 Å². The third-order valence-electron chi connectivity index (χ3n) is 3.90. The average molecular weight is 246 g/mol. The molecule has 1 aliphatic rings. The number of rotatable bonds is 3. The first kappa shape index (κ1) is 13.3. The summed E-state index contributed by atoms with van der Waals surface area (Å²) in [5, 5.41) is 10.5. The quantitative estimate of drug-likeness (QED) is 0.832. The Morgan fingerprint density at radius 3 is 2.50 bits per heavy atom.